The molecule has 242 valence electrons. The average molecular weight is 644 g/mol. The SMILES string of the molecule is CCc1ccccc1N(CC(=O)N(Cc1ccc(F)cc1)C(Cc1ccccc1)C(=O)NCC(C)C)S(=O)(=O)c1ccc(C)cc1. The molecule has 0 spiro atoms. The average Bonchev–Trinajstić information content (AvgIpc) is 3.05. The lowest BCUT2D eigenvalue weighted by atomic mass is 10.0. The zero-order valence-corrected chi connectivity index (χ0v) is 27.6. The van der Waals surface area contributed by atoms with E-state index in [-0.39, 0.29) is 29.7 Å². The molecule has 4 aromatic carbocycles. The van der Waals surface area contributed by atoms with E-state index in [1.54, 1.807) is 36.4 Å². The predicted octanol–water partition coefficient (Wildman–Crippen LogP) is 6.30. The molecule has 1 atom stereocenters. The molecule has 0 heterocycles. The van der Waals surface area contributed by atoms with Gasteiger partial charge in [-0.05, 0) is 66.3 Å². The highest BCUT2D eigenvalue weighted by Crippen LogP contribution is 2.29. The Hall–Kier alpha value is -4.50. The summed E-state index contributed by atoms with van der Waals surface area (Å²) in [6.07, 6.45) is 0.742. The van der Waals surface area contributed by atoms with E-state index in [4.69, 9.17) is 0 Å². The topological polar surface area (TPSA) is 86.8 Å². The fourth-order valence-electron chi connectivity index (χ4n) is 5.17. The second kappa shape index (κ2) is 15.7. The highest BCUT2D eigenvalue weighted by atomic mass is 32.2. The van der Waals surface area contributed by atoms with Crippen LogP contribution in [0.2, 0.25) is 0 Å². The van der Waals surface area contributed by atoms with Gasteiger partial charge in [-0.3, -0.25) is 13.9 Å². The fraction of sp³-hybridized carbons (Fsp3) is 0.297. The molecule has 2 amide bonds. The third kappa shape index (κ3) is 8.81. The maximum atomic E-state index is 14.6. The molecule has 0 saturated heterocycles. The van der Waals surface area contributed by atoms with Gasteiger partial charge in [0.05, 0.1) is 10.6 Å². The number of aryl methyl sites for hydroxylation is 2. The molecule has 0 radical (unpaired) electrons. The molecule has 4 aromatic rings. The Kier molecular flexibility index (Phi) is 11.7. The minimum atomic E-state index is -4.20. The molecule has 0 aliphatic heterocycles. The van der Waals surface area contributed by atoms with E-state index in [2.05, 4.69) is 5.32 Å². The first-order valence-corrected chi connectivity index (χ1v) is 17.0. The van der Waals surface area contributed by atoms with E-state index in [1.165, 1.54) is 29.2 Å². The summed E-state index contributed by atoms with van der Waals surface area (Å²) in [5.74, 6) is -1.17. The van der Waals surface area contributed by atoms with Crippen LogP contribution >= 0.6 is 0 Å². The fourth-order valence-corrected chi connectivity index (χ4v) is 6.62. The summed E-state index contributed by atoms with van der Waals surface area (Å²) < 4.78 is 43.5. The van der Waals surface area contributed by atoms with Crippen LogP contribution in [0, 0.1) is 18.7 Å². The molecular formula is C37H42FN3O4S. The van der Waals surface area contributed by atoms with Crippen molar-refractivity contribution in [1.82, 2.24) is 10.2 Å². The van der Waals surface area contributed by atoms with Gasteiger partial charge in [0.15, 0.2) is 0 Å². The number of carbonyl (C=O) groups is 2. The Bertz CT molecular complexity index is 1710. The highest BCUT2D eigenvalue weighted by molar-refractivity contribution is 7.92. The van der Waals surface area contributed by atoms with E-state index in [0.29, 0.717) is 24.2 Å². The van der Waals surface area contributed by atoms with Crippen LogP contribution < -0.4 is 9.62 Å². The molecule has 0 aromatic heterocycles. The smallest absolute Gasteiger partial charge is 0.264 e. The van der Waals surface area contributed by atoms with Crippen molar-refractivity contribution in [3.05, 3.63) is 131 Å². The summed E-state index contributed by atoms with van der Waals surface area (Å²) in [6.45, 7) is 7.58. The standard InChI is InChI=1S/C37H42FN3O4S/c1-5-31-13-9-10-14-34(31)41(46(44,45)33-21-15-28(4)16-22-33)26-36(42)40(25-30-17-19-32(38)20-18-30)35(37(43)39-24-27(2)3)23-29-11-7-6-8-12-29/h6-22,27,35H,5,23-26H2,1-4H3,(H,39,43). The lowest BCUT2D eigenvalue weighted by Crippen LogP contribution is -2.53. The Morgan fingerprint density at radius 1 is 0.826 bits per heavy atom. The number of sulfonamides is 1. The van der Waals surface area contributed by atoms with Gasteiger partial charge in [0.25, 0.3) is 10.0 Å². The zero-order valence-electron chi connectivity index (χ0n) is 26.8. The van der Waals surface area contributed by atoms with E-state index < -0.39 is 34.3 Å². The molecule has 0 saturated carbocycles. The van der Waals surface area contributed by atoms with Crippen molar-refractivity contribution in [2.45, 2.75) is 58.0 Å². The largest absolute Gasteiger partial charge is 0.354 e. The number of benzene rings is 4. The van der Waals surface area contributed by atoms with Crippen LogP contribution in [0.5, 0.6) is 0 Å². The minimum Gasteiger partial charge on any atom is -0.354 e. The highest BCUT2D eigenvalue weighted by Gasteiger charge is 2.35. The molecule has 46 heavy (non-hydrogen) atoms. The number of nitrogens with one attached hydrogen (secondary N) is 1. The Balaban J connectivity index is 1.82. The number of anilines is 1. The van der Waals surface area contributed by atoms with Crippen molar-refractivity contribution in [2.75, 3.05) is 17.4 Å². The first-order valence-electron chi connectivity index (χ1n) is 15.5. The van der Waals surface area contributed by atoms with Crippen molar-refractivity contribution < 1.29 is 22.4 Å². The van der Waals surface area contributed by atoms with Crippen molar-refractivity contribution in [3.8, 4) is 0 Å². The number of amides is 2. The molecule has 4 rings (SSSR count). The third-order valence-corrected chi connectivity index (χ3v) is 9.52. The molecular weight excluding hydrogens is 601 g/mol. The summed E-state index contributed by atoms with van der Waals surface area (Å²) in [5.41, 5.74) is 3.49. The second-order valence-electron chi connectivity index (χ2n) is 11.8. The zero-order chi connectivity index (χ0) is 33.3. The predicted molar refractivity (Wildman–Crippen MR) is 180 cm³/mol. The summed E-state index contributed by atoms with van der Waals surface area (Å²) in [6, 6.07) is 27.7. The van der Waals surface area contributed by atoms with Gasteiger partial charge in [0, 0.05) is 19.5 Å². The number of nitrogens with zero attached hydrogens (tertiary/aromatic N) is 2. The van der Waals surface area contributed by atoms with E-state index in [9.17, 15) is 22.4 Å². The summed E-state index contributed by atoms with van der Waals surface area (Å²) in [7, 11) is -4.20. The molecule has 0 aliphatic carbocycles. The lowest BCUT2D eigenvalue weighted by Gasteiger charge is -2.34. The number of hydrogen-bond donors (Lipinski definition) is 1. The van der Waals surface area contributed by atoms with Gasteiger partial charge in [0.2, 0.25) is 11.8 Å². The molecule has 1 N–H and O–H groups in total. The van der Waals surface area contributed by atoms with E-state index >= 15 is 0 Å². The maximum Gasteiger partial charge on any atom is 0.264 e. The summed E-state index contributed by atoms with van der Waals surface area (Å²) in [5, 5.41) is 2.97. The van der Waals surface area contributed by atoms with Gasteiger partial charge in [-0.2, -0.15) is 0 Å². The molecule has 0 fully saturated rings. The Morgan fingerprint density at radius 2 is 1.46 bits per heavy atom. The number of para-hydroxylation sites is 1. The van der Waals surface area contributed by atoms with Gasteiger partial charge in [0.1, 0.15) is 18.4 Å². The first-order chi connectivity index (χ1) is 22.0. The summed E-state index contributed by atoms with van der Waals surface area (Å²) >= 11 is 0. The molecule has 0 aliphatic rings. The van der Waals surface area contributed by atoms with E-state index in [0.717, 1.165) is 21.0 Å². The molecule has 0 bridgehead atoms. The molecule has 7 nitrogen and oxygen atoms in total. The Morgan fingerprint density at radius 3 is 2.09 bits per heavy atom. The van der Waals surface area contributed by atoms with Crippen LogP contribution in [0.15, 0.2) is 108 Å². The van der Waals surface area contributed by atoms with Crippen LogP contribution in [0.1, 0.15) is 43.0 Å². The number of halogens is 1. The maximum absolute atomic E-state index is 14.6. The van der Waals surface area contributed by atoms with Crippen molar-refractivity contribution in [3.63, 3.8) is 0 Å². The number of hydrogen-bond acceptors (Lipinski definition) is 4. The van der Waals surface area contributed by atoms with Gasteiger partial charge in [-0.1, -0.05) is 99.1 Å². The quantitative estimate of drug-likeness (QED) is 0.175. The van der Waals surface area contributed by atoms with Crippen LogP contribution in [0.3, 0.4) is 0 Å². The lowest BCUT2D eigenvalue weighted by molar-refractivity contribution is -0.140. The van der Waals surface area contributed by atoms with Gasteiger partial charge >= 0.3 is 0 Å². The van der Waals surface area contributed by atoms with Crippen LogP contribution in [-0.2, 0) is 39.0 Å². The van der Waals surface area contributed by atoms with Gasteiger partial charge in [-0.25, -0.2) is 12.8 Å². The van der Waals surface area contributed by atoms with Crippen molar-refractivity contribution in [2.24, 2.45) is 5.92 Å². The molecule has 9 heteroatoms. The van der Waals surface area contributed by atoms with Crippen LogP contribution in [0.25, 0.3) is 0 Å². The monoisotopic (exact) mass is 643 g/mol. The normalized spacial score (nSPS) is 12.0. The van der Waals surface area contributed by atoms with Crippen LogP contribution in [0.4, 0.5) is 10.1 Å². The van der Waals surface area contributed by atoms with E-state index in [1.807, 2.05) is 70.2 Å². The van der Waals surface area contributed by atoms with Gasteiger partial charge < -0.3 is 10.2 Å². The Labute approximate surface area is 272 Å². The molecule has 1 unspecified atom stereocenters. The second-order valence-corrected chi connectivity index (χ2v) is 13.7. The van der Waals surface area contributed by atoms with Gasteiger partial charge in [-0.15, -0.1) is 0 Å². The first kappa shape index (κ1) is 34.4. The van der Waals surface area contributed by atoms with Crippen molar-refractivity contribution >= 4 is 27.5 Å². The summed E-state index contributed by atoms with van der Waals surface area (Å²) in [4.78, 5) is 29.9. The number of carbonyl (C=O) groups excluding carboxylic acids is 2. The minimum absolute atomic E-state index is 0.0282. The number of rotatable bonds is 14. The van der Waals surface area contributed by atoms with Crippen LogP contribution in [-0.4, -0.2) is 44.3 Å². The van der Waals surface area contributed by atoms with Crippen molar-refractivity contribution in [1.29, 1.82) is 0 Å². The third-order valence-electron chi connectivity index (χ3n) is 7.75.